The number of nitrogens with one attached hydrogen (secondary N) is 1. The van der Waals surface area contributed by atoms with Crippen LogP contribution in [-0.2, 0) is 21.4 Å². The monoisotopic (exact) mass is 590 g/mol. The number of aliphatic hydroxyl groups excluding tert-OH is 1. The number of hydrogen-bond acceptors (Lipinski definition) is 10. The third kappa shape index (κ3) is 6.22. The molecule has 6 rings (SSSR count). The number of aliphatic hydroxyl groups is 1. The molecule has 11 heteroatoms. The highest BCUT2D eigenvalue weighted by Crippen LogP contribution is 2.48. The lowest BCUT2D eigenvalue weighted by Gasteiger charge is -2.36. The third-order valence-electron chi connectivity index (χ3n) is 8.48. The summed E-state index contributed by atoms with van der Waals surface area (Å²) in [5.41, 5.74) is 0.444. The van der Waals surface area contributed by atoms with Crippen LogP contribution >= 0.6 is 0 Å². The summed E-state index contributed by atoms with van der Waals surface area (Å²) in [5, 5.41) is 16.9. The van der Waals surface area contributed by atoms with Crippen molar-refractivity contribution in [1.82, 2.24) is 15.1 Å². The summed E-state index contributed by atoms with van der Waals surface area (Å²) in [6, 6.07) is 8.41. The summed E-state index contributed by atoms with van der Waals surface area (Å²) in [4.78, 5) is 34.6. The van der Waals surface area contributed by atoms with Crippen LogP contribution in [0.4, 0.5) is 10.5 Å². The molecule has 43 heavy (non-hydrogen) atoms. The Morgan fingerprint density at radius 1 is 1.02 bits per heavy atom. The maximum atomic E-state index is 13.1. The average molecular weight is 591 g/mol. The number of benzene rings is 1. The van der Waals surface area contributed by atoms with E-state index in [2.05, 4.69) is 20.4 Å². The van der Waals surface area contributed by atoms with Crippen LogP contribution < -0.4 is 14.8 Å². The van der Waals surface area contributed by atoms with Crippen molar-refractivity contribution in [3.63, 3.8) is 0 Å². The molecule has 0 bridgehead atoms. The number of Topliss-reactive ketones (excluding diaryl/α,β-unsaturated/α-hetero) is 1. The van der Waals surface area contributed by atoms with Crippen molar-refractivity contribution < 1.29 is 33.4 Å². The topological polar surface area (TPSA) is 146 Å². The number of anilines is 1. The summed E-state index contributed by atoms with van der Waals surface area (Å²) in [5.74, 6) is 2.17. The average Bonchev–Trinajstić information content (AvgIpc) is 3.62. The van der Waals surface area contributed by atoms with Crippen molar-refractivity contribution in [3.8, 4) is 29.0 Å². The molecule has 11 nitrogen and oxygen atoms in total. The third-order valence-corrected chi connectivity index (χ3v) is 8.48. The van der Waals surface area contributed by atoms with Gasteiger partial charge in [0, 0.05) is 23.1 Å². The number of aromatic nitrogens is 3. The molecule has 1 amide bonds. The summed E-state index contributed by atoms with van der Waals surface area (Å²) < 4.78 is 23.4. The fourth-order valence-corrected chi connectivity index (χ4v) is 5.91. The number of carbonyl (C=O) groups excluding carboxylic acids is 2. The van der Waals surface area contributed by atoms with Crippen LogP contribution in [0.5, 0.6) is 17.5 Å². The second-order valence-electron chi connectivity index (χ2n) is 13.0. The van der Waals surface area contributed by atoms with Crippen molar-refractivity contribution in [1.29, 1.82) is 0 Å². The molecule has 2 fully saturated rings. The maximum absolute atomic E-state index is 13.1. The summed E-state index contributed by atoms with van der Waals surface area (Å²) in [6.07, 6.45) is 6.80. The molecule has 2 saturated carbocycles. The zero-order valence-electron chi connectivity index (χ0n) is 24.9. The van der Waals surface area contributed by atoms with Gasteiger partial charge in [0.2, 0.25) is 11.8 Å². The number of hydrogen-bond donors (Lipinski definition) is 2. The van der Waals surface area contributed by atoms with Gasteiger partial charge in [-0.15, -0.1) is 0 Å². The number of rotatable bonds is 8. The van der Waals surface area contributed by atoms with Gasteiger partial charge in [-0.25, -0.2) is 4.79 Å². The van der Waals surface area contributed by atoms with E-state index in [9.17, 15) is 14.7 Å². The van der Waals surface area contributed by atoms with Crippen LogP contribution in [-0.4, -0.2) is 50.9 Å². The minimum atomic E-state index is -0.612. The number of ether oxygens (including phenoxy) is 3. The molecule has 1 aromatic carbocycles. The molecule has 3 aromatic rings. The van der Waals surface area contributed by atoms with Gasteiger partial charge in [-0.1, -0.05) is 11.6 Å². The minimum Gasteiger partial charge on any atom is -0.477 e. The highest BCUT2D eigenvalue weighted by molar-refractivity contribution is 5.91. The molecular formula is C32H38N4O7. The number of carbonyl (C=O) groups is 2. The van der Waals surface area contributed by atoms with Crippen LogP contribution in [0, 0.1) is 5.41 Å². The van der Waals surface area contributed by atoms with Gasteiger partial charge in [0.25, 0.3) is 0 Å². The Hall–Kier alpha value is -3.99. The Bertz CT molecular complexity index is 1510. The van der Waals surface area contributed by atoms with E-state index in [1.54, 1.807) is 51.1 Å². The Morgan fingerprint density at radius 2 is 1.77 bits per heavy atom. The second-order valence-corrected chi connectivity index (χ2v) is 13.0. The standard InChI is InChI=1S/C32H38N4O7/c1-30(2,3)42-29(39)33-20-9-11-21(12-10-20)41-25-17-24(40-19-31(18-37)15-16-31)34-28(35-25)26-22-7-6-14-32(27(22)43-36-26)13-5-4-8-23(32)38/h9-12,17,37H,4-8,13-16,18-19H2,1-3H3,(H,33,39)/t32-/m1/s1. The van der Waals surface area contributed by atoms with Gasteiger partial charge in [0.1, 0.15) is 17.1 Å². The number of amides is 1. The van der Waals surface area contributed by atoms with Gasteiger partial charge >= 0.3 is 6.09 Å². The Kier molecular flexibility index (Phi) is 7.62. The molecular weight excluding hydrogens is 552 g/mol. The fourth-order valence-electron chi connectivity index (χ4n) is 5.91. The molecule has 2 aromatic heterocycles. The van der Waals surface area contributed by atoms with E-state index < -0.39 is 17.1 Å². The SMILES string of the molecule is CC(C)(C)OC(=O)Nc1ccc(Oc2cc(OCC3(CO)CC3)nc(-c3noc4c3CCC[C@@]43CCCCC3=O)n2)cc1. The molecule has 2 heterocycles. The van der Waals surface area contributed by atoms with Crippen LogP contribution in [0.3, 0.4) is 0 Å². The van der Waals surface area contributed by atoms with Crippen molar-refractivity contribution in [2.24, 2.45) is 5.41 Å². The highest BCUT2D eigenvalue weighted by atomic mass is 16.6. The van der Waals surface area contributed by atoms with Crippen molar-refractivity contribution in [3.05, 3.63) is 41.7 Å². The first kappa shape index (κ1) is 29.1. The zero-order chi connectivity index (χ0) is 30.2. The van der Waals surface area contributed by atoms with Gasteiger partial charge in [-0.05, 0) is 90.0 Å². The van der Waals surface area contributed by atoms with Crippen LogP contribution in [0.2, 0.25) is 0 Å². The Balaban J connectivity index is 1.28. The molecule has 0 unspecified atom stereocenters. The smallest absolute Gasteiger partial charge is 0.412 e. The predicted octanol–water partition coefficient (Wildman–Crippen LogP) is 6.14. The lowest BCUT2D eigenvalue weighted by Crippen LogP contribution is -2.41. The van der Waals surface area contributed by atoms with Crippen LogP contribution in [0.1, 0.15) is 83.5 Å². The first-order valence-electron chi connectivity index (χ1n) is 15.0. The van der Waals surface area contributed by atoms with Gasteiger partial charge in [0.05, 0.1) is 24.7 Å². The van der Waals surface area contributed by atoms with Gasteiger partial charge in [-0.2, -0.15) is 9.97 Å². The molecule has 0 saturated heterocycles. The molecule has 0 radical (unpaired) electrons. The predicted molar refractivity (Wildman–Crippen MR) is 156 cm³/mol. The molecule has 228 valence electrons. The van der Waals surface area contributed by atoms with Gasteiger partial charge in [-0.3, -0.25) is 10.1 Å². The van der Waals surface area contributed by atoms with Crippen LogP contribution in [0.25, 0.3) is 11.5 Å². The number of ketones is 1. The minimum absolute atomic E-state index is 0.0465. The van der Waals surface area contributed by atoms with Gasteiger partial charge in [0.15, 0.2) is 17.3 Å². The summed E-state index contributed by atoms with van der Waals surface area (Å²) in [7, 11) is 0. The van der Waals surface area contributed by atoms with Crippen LogP contribution in [0.15, 0.2) is 34.9 Å². The zero-order valence-corrected chi connectivity index (χ0v) is 24.9. The second kappa shape index (κ2) is 11.3. The fraction of sp³-hybridized carbons (Fsp3) is 0.531. The lowest BCUT2D eigenvalue weighted by atomic mass is 9.64. The van der Waals surface area contributed by atoms with E-state index in [0.29, 0.717) is 48.2 Å². The van der Waals surface area contributed by atoms with E-state index in [0.717, 1.165) is 50.5 Å². The molecule has 0 aliphatic heterocycles. The molecule has 1 spiro atoms. The summed E-state index contributed by atoms with van der Waals surface area (Å²) >= 11 is 0. The maximum Gasteiger partial charge on any atom is 0.412 e. The lowest BCUT2D eigenvalue weighted by molar-refractivity contribution is -0.128. The normalized spacial score (nSPS) is 20.8. The highest BCUT2D eigenvalue weighted by Gasteiger charge is 2.48. The van der Waals surface area contributed by atoms with E-state index in [1.165, 1.54) is 0 Å². The Labute approximate surface area is 250 Å². The van der Waals surface area contributed by atoms with E-state index in [1.807, 2.05) is 0 Å². The van der Waals surface area contributed by atoms with Crippen molar-refractivity contribution >= 4 is 17.6 Å². The van der Waals surface area contributed by atoms with Crippen molar-refractivity contribution in [2.45, 2.75) is 89.6 Å². The quantitative estimate of drug-likeness (QED) is 0.314. The Morgan fingerprint density at radius 3 is 2.47 bits per heavy atom. The number of fused-ring (bicyclic) bond motifs is 2. The molecule has 2 N–H and O–H groups in total. The molecule has 3 aliphatic carbocycles. The molecule has 1 atom stereocenters. The molecule has 3 aliphatic rings. The van der Waals surface area contributed by atoms with Crippen molar-refractivity contribution in [2.75, 3.05) is 18.5 Å². The van der Waals surface area contributed by atoms with E-state index in [4.69, 9.17) is 18.7 Å². The number of nitrogens with zero attached hydrogens (tertiary/aromatic N) is 3. The van der Waals surface area contributed by atoms with E-state index in [-0.39, 0.29) is 29.5 Å². The first-order valence-corrected chi connectivity index (χ1v) is 15.0. The first-order chi connectivity index (χ1) is 20.6. The van der Waals surface area contributed by atoms with Gasteiger partial charge < -0.3 is 23.8 Å². The van der Waals surface area contributed by atoms with E-state index >= 15 is 0 Å². The summed E-state index contributed by atoms with van der Waals surface area (Å²) in [6.45, 7) is 5.76. The largest absolute Gasteiger partial charge is 0.477 e.